The molecule has 0 aliphatic rings. The van der Waals surface area contributed by atoms with E-state index >= 15 is 0 Å². The van der Waals surface area contributed by atoms with E-state index in [4.69, 9.17) is 5.11 Å². The number of nitrogens with two attached hydrogens (primary N) is 1. The van der Waals surface area contributed by atoms with E-state index in [1.54, 1.807) is 0 Å². The standard InChI is InChI=1S/C4H9NO3/c1-8-2-3(6)4(5)7/h3,6H,2H2,1H3,(H2,5,7)/t3-/m0/s1. The number of primary amides is 1. The van der Waals surface area contributed by atoms with Crippen LogP contribution in [0.5, 0.6) is 0 Å². The van der Waals surface area contributed by atoms with Crippen molar-refractivity contribution in [2.24, 2.45) is 5.73 Å². The fourth-order valence-electron chi connectivity index (χ4n) is 0.240. The molecule has 0 aromatic heterocycles. The number of carbonyl (C=O) groups is 1. The van der Waals surface area contributed by atoms with Crippen LogP contribution in [0, 0.1) is 0 Å². The minimum absolute atomic E-state index is 0.0324. The Hall–Kier alpha value is -0.610. The normalized spacial score (nSPS) is 13.2. The molecular weight excluding hydrogens is 110 g/mol. The predicted octanol–water partition coefficient (Wildman–Crippen LogP) is -1.52. The van der Waals surface area contributed by atoms with Crippen molar-refractivity contribution in [2.75, 3.05) is 13.7 Å². The maximum absolute atomic E-state index is 9.98. The molecule has 0 aromatic rings. The van der Waals surface area contributed by atoms with Gasteiger partial charge in [0.1, 0.15) is 0 Å². The van der Waals surface area contributed by atoms with Crippen molar-refractivity contribution in [1.82, 2.24) is 0 Å². The van der Waals surface area contributed by atoms with Gasteiger partial charge in [-0.25, -0.2) is 0 Å². The average molecular weight is 119 g/mol. The number of rotatable bonds is 3. The molecule has 0 fully saturated rings. The monoisotopic (exact) mass is 119 g/mol. The van der Waals surface area contributed by atoms with Crippen LogP contribution >= 0.6 is 0 Å². The number of aliphatic hydroxyl groups is 1. The van der Waals surface area contributed by atoms with Crippen LogP contribution in [-0.4, -0.2) is 30.8 Å². The van der Waals surface area contributed by atoms with Gasteiger partial charge in [0.25, 0.3) is 0 Å². The zero-order chi connectivity index (χ0) is 6.57. The molecule has 4 nitrogen and oxygen atoms in total. The first-order valence-electron chi connectivity index (χ1n) is 2.14. The number of carbonyl (C=O) groups excluding carboxylic acids is 1. The summed E-state index contributed by atoms with van der Waals surface area (Å²) in [5, 5.41) is 8.53. The van der Waals surface area contributed by atoms with Gasteiger partial charge in [-0.15, -0.1) is 0 Å². The Labute approximate surface area is 47.2 Å². The second kappa shape index (κ2) is 3.40. The number of aliphatic hydroxyl groups excluding tert-OH is 1. The van der Waals surface area contributed by atoms with Crippen molar-refractivity contribution >= 4 is 5.91 Å². The van der Waals surface area contributed by atoms with E-state index in [-0.39, 0.29) is 6.61 Å². The van der Waals surface area contributed by atoms with Crippen LogP contribution < -0.4 is 5.73 Å². The summed E-state index contributed by atoms with van der Waals surface area (Å²) >= 11 is 0. The van der Waals surface area contributed by atoms with E-state index < -0.39 is 12.0 Å². The molecule has 0 radical (unpaired) electrons. The molecule has 1 amide bonds. The molecule has 0 saturated heterocycles. The highest BCUT2D eigenvalue weighted by atomic mass is 16.5. The van der Waals surface area contributed by atoms with E-state index in [0.29, 0.717) is 0 Å². The van der Waals surface area contributed by atoms with Crippen molar-refractivity contribution in [3.05, 3.63) is 0 Å². The van der Waals surface area contributed by atoms with Gasteiger partial charge in [-0.05, 0) is 0 Å². The van der Waals surface area contributed by atoms with Crippen molar-refractivity contribution in [3.63, 3.8) is 0 Å². The van der Waals surface area contributed by atoms with Gasteiger partial charge in [-0.2, -0.15) is 0 Å². The Morgan fingerprint density at radius 2 is 2.50 bits per heavy atom. The summed E-state index contributed by atoms with van der Waals surface area (Å²) in [6, 6.07) is 0. The van der Waals surface area contributed by atoms with Crippen molar-refractivity contribution in [2.45, 2.75) is 6.10 Å². The summed E-state index contributed by atoms with van der Waals surface area (Å²) in [6.07, 6.45) is -1.17. The second-order valence-electron chi connectivity index (χ2n) is 1.37. The van der Waals surface area contributed by atoms with Crippen LogP contribution in [0.3, 0.4) is 0 Å². The van der Waals surface area contributed by atoms with Crippen molar-refractivity contribution < 1.29 is 14.6 Å². The molecule has 0 heterocycles. The van der Waals surface area contributed by atoms with Gasteiger partial charge in [-0.1, -0.05) is 0 Å². The largest absolute Gasteiger partial charge is 0.381 e. The Morgan fingerprint density at radius 1 is 2.00 bits per heavy atom. The summed E-state index contributed by atoms with van der Waals surface area (Å²) in [4.78, 5) is 9.98. The minimum atomic E-state index is -1.17. The highest BCUT2D eigenvalue weighted by Gasteiger charge is 2.07. The molecule has 48 valence electrons. The fraction of sp³-hybridized carbons (Fsp3) is 0.750. The Morgan fingerprint density at radius 3 is 2.62 bits per heavy atom. The van der Waals surface area contributed by atoms with Gasteiger partial charge in [-0.3, -0.25) is 4.79 Å². The first-order valence-corrected chi connectivity index (χ1v) is 2.14. The lowest BCUT2D eigenvalue weighted by atomic mass is 10.4. The summed E-state index contributed by atoms with van der Waals surface area (Å²) in [7, 11) is 1.38. The van der Waals surface area contributed by atoms with Gasteiger partial charge < -0.3 is 15.6 Å². The lowest BCUT2D eigenvalue weighted by molar-refractivity contribution is -0.128. The molecule has 0 aliphatic heterocycles. The zero-order valence-corrected chi connectivity index (χ0v) is 4.63. The molecule has 8 heavy (non-hydrogen) atoms. The second-order valence-corrected chi connectivity index (χ2v) is 1.37. The van der Waals surface area contributed by atoms with Crippen LogP contribution in [0.1, 0.15) is 0 Å². The summed E-state index contributed by atoms with van der Waals surface area (Å²) in [5.41, 5.74) is 4.65. The van der Waals surface area contributed by atoms with Gasteiger partial charge in [0.2, 0.25) is 5.91 Å². The number of hydrogen-bond acceptors (Lipinski definition) is 3. The van der Waals surface area contributed by atoms with E-state index in [0.717, 1.165) is 0 Å². The Balaban J connectivity index is 3.32. The molecule has 0 rings (SSSR count). The van der Waals surface area contributed by atoms with Gasteiger partial charge in [0, 0.05) is 7.11 Å². The molecule has 3 N–H and O–H groups in total. The third kappa shape index (κ3) is 2.54. The minimum Gasteiger partial charge on any atom is -0.381 e. The van der Waals surface area contributed by atoms with Crippen molar-refractivity contribution in [1.29, 1.82) is 0 Å². The van der Waals surface area contributed by atoms with E-state index in [9.17, 15) is 4.79 Å². The molecule has 0 bridgehead atoms. The SMILES string of the molecule is COC[C@H](O)C(N)=O. The van der Waals surface area contributed by atoms with Crippen LogP contribution in [0.2, 0.25) is 0 Å². The summed E-state index contributed by atoms with van der Waals surface area (Å²) < 4.78 is 4.41. The van der Waals surface area contributed by atoms with Crippen LogP contribution in [0.4, 0.5) is 0 Å². The first kappa shape index (κ1) is 7.39. The van der Waals surface area contributed by atoms with Crippen LogP contribution in [0.15, 0.2) is 0 Å². The average Bonchev–Trinajstić information content (AvgIpc) is 1.67. The van der Waals surface area contributed by atoms with E-state index in [1.165, 1.54) is 7.11 Å². The number of ether oxygens (including phenoxy) is 1. The summed E-state index contributed by atoms with van der Waals surface area (Å²) in [6.45, 7) is -0.0324. The van der Waals surface area contributed by atoms with Crippen LogP contribution in [0.25, 0.3) is 0 Å². The van der Waals surface area contributed by atoms with Crippen LogP contribution in [-0.2, 0) is 9.53 Å². The van der Waals surface area contributed by atoms with E-state index in [2.05, 4.69) is 10.5 Å². The van der Waals surface area contributed by atoms with Gasteiger partial charge in [0.05, 0.1) is 6.61 Å². The van der Waals surface area contributed by atoms with E-state index in [1.807, 2.05) is 0 Å². The molecule has 4 heteroatoms. The zero-order valence-electron chi connectivity index (χ0n) is 4.63. The number of methoxy groups -OCH3 is 1. The smallest absolute Gasteiger partial charge is 0.248 e. The van der Waals surface area contributed by atoms with Crippen molar-refractivity contribution in [3.8, 4) is 0 Å². The fourth-order valence-corrected chi connectivity index (χ4v) is 0.240. The first-order chi connectivity index (χ1) is 3.68. The maximum Gasteiger partial charge on any atom is 0.248 e. The highest BCUT2D eigenvalue weighted by Crippen LogP contribution is 1.78. The topological polar surface area (TPSA) is 72.6 Å². The molecule has 0 aromatic carbocycles. The maximum atomic E-state index is 9.98. The molecular formula is C4H9NO3. The van der Waals surface area contributed by atoms with Gasteiger partial charge in [0.15, 0.2) is 6.10 Å². The highest BCUT2D eigenvalue weighted by molar-refractivity contribution is 5.78. The lowest BCUT2D eigenvalue weighted by Crippen LogP contribution is -2.31. The summed E-state index contributed by atoms with van der Waals surface area (Å²) in [5.74, 6) is -0.758. The third-order valence-corrected chi connectivity index (χ3v) is 0.653. The molecule has 0 unspecified atom stereocenters. The lowest BCUT2D eigenvalue weighted by Gasteiger charge is -2.01. The molecule has 1 atom stereocenters. The Bertz CT molecular complexity index is 83.4. The number of amides is 1. The van der Waals surface area contributed by atoms with Gasteiger partial charge >= 0.3 is 0 Å². The third-order valence-electron chi connectivity index (χ3n) is 0.653. The quantitative estimate of drug-likeness (QED) is 0.474. The molecule has 0 spiro atoms. The number of hydrogen-bond donors (Lipinski definition) is 2. The molecule has 0 aliphatic carbocycles. The molecule has 0 saturated carbocycles. The predicted molar refractivity (Wildman–Crippen MR) is 27.1 cm³/mol. The Kier molecular flexibility index (Phi) is 3.14.